The molecule has 0 heterocycles. The van der Waals surface area contributed by atoms with Gasteiger partial charge >= 0.3 is 11.8 Å². The fourth-order valence-corrected chi connectivity index (χ4v) is 1.64. The zero-order chi connectivity index (χ0) is 14.4. The summed E-state index contributed by atoms with van der Waals surface area (Å²) in [5.74, 6) is -1.48. The Hall–Kier alpha value is -1.88. The minimum atomic E-state index is -0.750. The van der Waals surface area contributed by atoms with Gasteiger partial charge in [-0.1, -0.05) is 13.0 Å². The van der Waals surface area contributed by atoms with Gasteiger partial charge in [0.25, 0.3) is 0 Å². The van der Waals surface area contributed by atoms with Crippen LogP contribution in [0.3, 0.4) is 0 Å². The van der Waals surface area contributed by atoms with Crippen LogP contribution in [-0.4, -0.2) is 29.6 Å². The number of carbonyl (C=O) groups excluding carboxylic acids is 2. The maximum atomic E-state index is 11.6. The van der Waals surface area contributed by atoms with Crippen LogP contribution in [0.1, 0.15) is 25.0 Å². The normalized spacial score (nSPS) is 11.8. The molecule has 1 aromatic rings. The fraction of sp³-hybridized carbons (Fsp3) is 0.429. The summed E-state index contributed by atoms with van der Waals surface area (Å²) < 4.78 is 0. The number of anilines is 1. The maximum Gasteiger partial charge on any atom is 0.313 e. The lowest BCUT2D eigenvalue weighted by Crippen LogP contribution is -2.38. The van der Waals surface area contributed by atoms with Gasteiger partial charge in [-0.2, -0.15) is 0 Å². The van der Waals surface area contributed by atoms with Gasteiger partial charge in [0.05, 0.1) is 6.10 Å². The second-order valence-electron chi connectivity index (χ2n) is 4.51. The molecule has 5 heteroatoms. The quantitative estimate of drug-likeness (QED) is 0.710. The zero-order valence-electron chi connectivity index (χ0n) is 11.5. The van der Waals surface area contributed by atoms with Crippen molar-refractivity contribution < 1.29 is 14.7 Å². The van der Waals surface area contributed by atoms with E-state index in [0.717, 1.165) is 17.5 Å². The molecule has 1 aromatic carbocycles. The molecule has 0 spiro atoms. The first kappa shape index (κ1) is 15.2. The van der Waals surface area contributed by atoms with E-state index in [4.69, 9.17) is 5.11 Å². The van der Waals surface area contributed by atoms with Crippen LogP contribution < -0.4 is 10.6 Å². The Labute approximate surface area is 113 Å². The van der Waals surface area contributed by atoms with Gasteiger partial charge in [-0.05, 0) is 43.5 Å². The summed E-state index contributed by atoms with van der Waals surface area (Å²) in [5.41, 5.74) is 2.88. The first-order valence-electron chi connectivity index (χ1n) is 6.30. The van der Waals surface area contributed by atoms with Crippen LogP contribution in [0.25, 0.3) is 0 Å². The number of benzene rings is 1. The summed E-state index contributed by atoms with van der Waals surface area (Å²) in [4.78, 5) is 23.0. The molecule has 19 heavy (non-hydrogen) atoms. The van der Waals surface area contributed by atoms with Crippen molar-refractivity contribution in [3.8, 4) is 0 Å². The summed E-state index contributed by atoms with van der Waals surface area (Å²) in [5, 5.41) is 13.9. The molecule has 1 rings (SSSR count). The molecule has 0 saturated carbocycles. The van der Waals surface area contributed by atoms with E-state index in [-0.39, 0.29) is 6.54 Å². The number of nitrogens with one attached hydrogen (secondary N) is 2. The van der Waals surface area contributed by atoms with Gasteiger partial charge in [-0.15, -0.1) is 0 Å². The Morgan fingerprint density at radius 1 is 1.32 bits per heavy atom. The second kappa shape index (κ2) is 6.89. The van der Waals surface area contributed by atoms with Crippen molar-refractivity contribution in [1.29, 1.82) is 0 Å². The molecule has 0 aliphatic heterocycles. The molecule has 5 nitrogen and oxygen atoms in total. The van der Waals surface area contributed by atoms with Crippen molar-refractivity contribution in [1.82, 2.24) is 5.32 Å². The Morgan fingerprint density at radius 2 is 2.00 bits per heavy atom. The smallest absolute Gasteiger partial charge is 0.313 e. The van der Waals surface area contributed by atoms with E-state index in [9.17, 15) is 9.59 Å². The van der Waals surface area contributed by atoms with Crippen LogP contribution >= 0.6 is 0 Å². The van der Waals surface area contributed by atoms with Gasteiger partial charge in [0.2, 0.25) is 0 Å². The minimum absolute atomic E-state index is 0.0559. The first-order chi connectivity index (χ1) is 8.93. The van der Waals surface area contributed by atoms with Crippen molar-refractivity contribution in [3.05, 3.63) is 29.3 Å². The van der Waals surface area contributed by atoms with Gasteiger partial charge in [-0.3, -0.25) is 9.59 Å². The maximum absolute atomic E-state index is 11.6. The molecule has 0 aliphatic rings. The number of aliphatic hydroxyl groups is 1. The molecule has 1 atom stereocenters. The highest BCUT2D eigenvalue weighted by Gasteiger charge is 2.14. The monoisotopic (exact) mass is 264 g/mol. The van der Waals surface area contributed by atoms with Crippen molar-refractivity contribution in [3.63, 3.8) is 0 Å². The van der Waals surface area contributed by atoms with Crippen molar-refractivity contribution in [2.24, 2.45) is 0 Å². The van der Waals surface area contributed by atoms with Crippen molar-refractivity contribution >= 4 is 17.5 Å². The van der Waals surface area contributed by atoms with E-state index in [0.29, 0.717) is 5.69 Å². The van der Waals surface area contributed by atoms with Gasteiger partial charge in [0.15, 0.2) is 0 Å². The van der Waals surface area contributed by atoms with E-state index >= 15 is 0 Å². The number of hydrogen-bond donors (Lipinski definition) is 3. The van der Waals surface area contributed by atoms with Crippen LogP contribution in [0, 0.1) is 6.92 Å². The Bertz CT molecular complexity index is 470. The molecule has 0 fully saturated rings. The highest BCUT2D eigenvalue weighted by atomic mass is 16.3. The number of hydrogen-bond acceptors (Lipinski definition) is 3. The topological polar surface area (TPSA) is 78.4 Å². The van der Waals surface area contributed by atoms with E-state index < -0.39 is 17.9 Å². The molecule has 3 N–H and O–H groups in total. The van der Waals surface area contributed by atoms with Crippen LogP contribution in [0.15, 0.2) is 18.2 Å². The zero-order valence-corrected chi connectivity index (χ0v) is 11.5. The molecule has 0 radical (unpaired) electrons. The summed E-state index contributed by atoms with van der Waals surface area (Å²) in [7, 11) is 0. The highest BCUT2D eigenvalue weighted by molar-refractivity contribution is 6.39. The first-order valence-corrected chi connectivity index (χ1v) is 6.30. The Morgan fingerprint density at radius 3 is 2.58 bits per heavy atom. The molecule has 0 bridgehead atoms. The number of amides is 2. The molecule has 0 aromatic heterocycles. The predicted octanol–water partition coefficient (Wildman–Crippen LogP) is 0.993. The largest absolute Gasteiger partial charge is 0.392 e. The molecular weight excluding hydrogens is 244 g/mol. The van der Waals surface area contributed by atoms with E-state index in [1.807, 2.05) is 26.0 Å². The lowest BCUT2D eigenvalue weighted by Gasteiger charge is -2.10. The molecule has 0 saturated heterocycles. The lowest BCUT2D eigenvalue weighted by molar-refractivity contribution is -0.136. The molecule has 0 aliphatic carbocycles. The third-order valence-corrected chi connectivity index (χ3v) is 2.75. The molecule has 104 valence electrons. The number of aliphatic hydroxyl groups excluding tert-OH is 1. The van der Waals surface area contributed by atoms with Crippen LogP contribution in [0.5, 0.6) is 0 Å². The average Bonchev–Trinajstić information content (AvgIpc) is 2.37. The Kier molecular flexibility index (Phi) is 5.51. The minimum Gasteiger partial charge on any atom is -0.392 e. The van der Waals surface area contributed by atoms with E-state index in [1.54, 1.807) is 6.07 Å². The van der Waals surface area contributed by atoms with Crippen molar-refractivity contribution in [2.45, 2.75) is 33.3 Å². The van der Waals surface area contributed by atoms with E-state index in [1.165, 1.54) is 6.92 Å². The van der Waals surface area contributed by atoms with Gasteiger partial charge in [-0.25, -0.2) is 0 Å². The number of rotatable bonds is 4. The molecule has 1 unspecified atom stereocenters. The summed E-state index contributed by atoms with van der Waals surface area (Å²) >= 11 is 0. The third kappa shape index (κ3) is 4.71. The molecular formula is C14H20N2O3. The lowest BCUT2D eigenvalue weighted by atomic mass is 10.1. The fourth-order valence-electron chi connectivity index (χ4n) is 1.64. The van der Waals surface area contributed by atoms with Gasteiger partial charge in [0.1, 0.15) is 0 Å². The average molecular weight is 264 g/mol. The second-order valence-corrected chi connectivity index (χ2v) is 4.51. The van der Waals surface area contributed by atoms with Crippen LogP contribution in [-0.2, 0) is 16.0 Å². The highest BCUT2D eigenvalue weighted by Crippen LogP contribution is 2.15. The van der Waals surface area contributed by atoms with Gasteiger partial charge in [0, 0.05) is 12.2 Å². The van der Waals surface area contributed by atoms with Crippen LogP contribution in [0.2, 0.25) is 0 Å². The predicted molar refractivity (Wildman–Crippen MR) is 73.9 cm³/mol. The summed E-state index contributed by atoms with van der Waals surface area (Å²) in [6.07, 6.45) is 0.187. The molecule has 2 amide bonds. The Balaban J connectivity index is 2.64. The van der Waals surface area contributed by atoms with Crippen molar-refractivity contribution in [2.75, 3.05) is 11.9 Å². The van der Waals surface area contributed by atoms with Gasteiger partial charge < -0.3 is 15.7 Å². The van der Waals surface area contributed by atoms with E-state index in [2.05, 4.69) is 10.6 Å². The van der Waals surface area contributed by atoms with Crippen LogP contribution in [0.4, 0.5) is 5.69 Å². The summed E-state index contributed by atoms with van der Waals surface area (Å²) in [6, 6.07) is 5.52. The number of carbonyl (C=O) groups is 2. The number of aryl methyl sites for hydroxylation is 2. The third-order valence-electron chi connectivity index (χ3n) is 2.75. The summed E-state index contributed by atoms with van der Waals surface area (Å²) in [6.45, 7) is 5.62. The standard InChI is InChI=1S/C14H20N2O3/c1-4-11-7-12(6-5-9(11)2)16-14(19)13(18)15-8-10(3)17/h5-7,10,17H,4,8H2,1-3H3,(H,15,18)(H,16,19). The SMILES string of the molecule is CCc1cc(NC(=O)C(=O)NCC(C)O)ccc1C.